The van der Waals surface area contributed by atoms with Gasteiger partial charge in [0.2, 0.25) is 0 Å². The molecule has 132 valence electrons. The summed E-state index contributed by atoms with van der Waals surface area (Å²) in [6.07, 6.45) is 0. The minimum absolute atomic E-state index is 0.295. The van der Waals surface area contributed by atoms with Crippen molar-refractivity contribution in [2.45, 2.75) is 4.90 Å². The second kappa shape index (κ2) is 6.97. The summed E-state index contributed by atoms with van der Waals surface area (Å²) in [6, 6.07) is 18.7. The highest BCUT2D eigenvalue weighted by Crippen LogP contribution is 2.23. The van der Waals surface area contributed by atoms with Crippen molar-refractivity contribution < 1.29 is 22.7 Å². The molecule has 0 amide bonds. The third-order valence-corrected chi connectivity index (χ3v) is 5.09. The predicted octanol–water partition coefficient (Wildman–Crippen LogP) is 2.66. The molecule has 0 aliphatic rings. The Labute approximate surface area is 149 Å². The van der Waals surface area contributed by atoms with Crippen LogP contribution in [-0.4, -0.2) is 14.4 Å². The summed E-state index contributed by atoms with van der Waals surface area (Å²) in [5.41, 5.74) is 1.38. The van der Waals surface area contributed by atoms with Crippen LogP contribution in [0, 0.1) is 5.82 Å². The van der Waals surface area contributed by atoms with Crippen LogP contribution in [0.25, 0.3) is 11.1 Å². The Bertz CT molecular complexity index is 1050. The van der Waals surface area contributed by atoms with E-state index in [9.17, 15) is 22.7 Å². The van der Waals surface area contributed by atoms with Gasteiger partial charge in [0.1, 0.15) is 5.82 Å². The molecule has 5 nitrogen and oxygen atoms in total. The molecule has 3 rings (SSSR count). The average Bonchev–Trinajstić information content (AvgIpc) is 2.62. The fourth-order valence-electron chi connectivity index (χ4n) is 2.40. The maximum absolute atomic E-state index is 13.4. The van der Waals surface area contributed by atoms with E-state index in [1.165, 1.54) is 0 Å². The van der Waals surface area contributed by atoms with Crippen LogP contribution >= 0.6 is 0 Å². The first-order chi connectivity index (χ1) is 12.4. The molecule has 0 saturated carbocycles. The fourth-order valence-corrected chi connectivity index (χ4v) is 3.49. The Balaban J connectivity index is 1.86. The quantitative estimate of drug-likeness (QED) is 0.748. The Hall–Kier alpha value is -3.19. The van der Waals surface area contributed by atoms with Gasteiger partial charge in [-0.15, -0.1) is 0 Å². The SMILES string of the molecule is O=C([O-])c1cc(S(=O)(=O)Nc2ccc(-c3ccccc3)cc2)ccc1F. The van der Waals surface area contributed by atoms with Crippen molar-refractivity contribution in [1.29, 1.82) is 0 Å². The second-order valence-electron chi connectivity index (χ2n) is 5.48. The van der Waals surface area contributed by atoms with Crippen LogP contribution in [0.3, 0.4) is 0 Å². The Kier molecular flexibility index (Phi) is 4.73. The number of aromatic carboxylic acids is 1. The number of nitrogens with one attached hydrogen (secondary N) is 1. The normalized spacial score (nSPS) is 11.1. The van der Waals surface area contributed by atoms with Crippen LogP contribution in [0.4, 0.5) is 10.1 Å². The third kappa shape index (κ3) is 3.73. The number of rotatable bonds is 5. The van der Waals surface area contributed by atoms with Gasteiger partial charge in [-0.05, 0) is 41.5 Å². The number of carbonyl (C=O) groups is 1. The zero-order valence-corrected chi connectivity index (χ0v) is 14.2. The molecule has 0 atom stereocenters. The van der Waals surface area contributed by atoms with Crippen molar-refractivity contribution in [2.75, 3.05) is 4.72 Å². The van der Waals surface area contributed by atoms with E-state index in [4.69, 9.17) is 0 Å². The van der Waals surface area contributed by atoms with Crippen LogP contribution in [0.15, 0.2) is 77.7 Å². The van der Waals surface area contributed by atoms with E-state index < -0.39 is 27.4 Å². The summed E-state index contributed by atoms with van der Waals surface area (Å²) in [5, 5.41) is 10.9. The van der Waals surface area contributed by atoms with Crippen molar-refractivity contribution in [3.63, 3.8) is 0 Å². The number of sulfonamides is 1. The van der Waals surface area contributed by atoms with Crippen LogP contribution in [0.2, 0.25) is 0 Å². The number of carboxylic acid groups (broad SMARTS) is 1. The molecule has 3 aromatic rings. The largest absolute Gasteiger partial charge is 0.545 e. The number of hydrogen-bond donors (Lipinski definition) is 1. The summed E-state index contributed by atoms with van der Waals surface area (Å²) in [7, 11) is -4.07. The Morgan fingerprint density at radius 2 is 1.50 bits per heavy atom. The lowest BCUT2D eigenvalue weighted by Gasteiger charge is -2.11. The van der Waals surface area contributed by atoms with E-state index in [1.807, 2.05) is 30.3 Å². The molecule has 0 aliphatic heterocycles. The predicted molar refractivity (Wildman–Crippen MR) is 93.4 cm³/mol. The number of carbonyl (C=O) groups excluding carboxylic acids is 1. The van der Waals surface area contributed by atoms with Gasteiger partial charge in [0, 0.05) is 11.3 Å². The topological polar surface area (TPSA) is 86.3 Å². The molecular formula is C19H13FNO4S-. The molecule has 0 bridgehead atoms. The molecular weight excluding hydrogens is 357 g/mol. The minimum Gasteiger partial charge on any atom is -0.545 e. The average molecular weight is 370 g/mol. The maximum atomic E-state index is 13.4. The molecule has 26 heavy (non-hydrogen) atoms. The molecule has 1 N–H and O–H groups in total. The highest BCUT2D eigenvalue weighted by atomic mass is 32.2. The number of anilines is 1. The molecule has 0 saturated heterocycles. The molecule has 7 heteroatoms. The highest BCUT2D eigenvalue weighted by molar-refractivity contribution is 7.92. The van der Waals surface area contributed by atoms with Crippen molar-refractivity contribution in [3.8, 4) is 11.1 Å². The Morgan fingerprint density at radius 1 is 0.885 bits per heavy atom. The lowest BCUT2D eigenvalue weighted by atomic mass is 10.1. The van der Waals surface area contributed by atoms with Gasteiger partial charge >= 0.3 is 0 Å². The van der Waals surface area contributed by atoms with E-state index in [1.54, 1.807) is 24.3 Å². The van der Waals surface area contributed by atoms with Crippen molar-refractivity contribution in [3.05, 3.63) is 84.2 Å². The van der Waals surface area contributed by atoms with Crippen molar-refractivity contribution in [1.82, 2.24) is 0 Å². The number of halogens is 1. The van der Waals surface area contributed by atoms with Gasteiger partial charge in [0.05, 0.1) is 10.9 Å². The lowest BCUT2D eigenvalue weighted by Crippen LogP contribution is -2.24. The monoisotopic (exact) mass is 370 g/mol. The van der Waals surface area contributed by atoms with Gasteiger partial charge in [-0.25, -0.2) is 12.8 Å². The number of carboxylic acids is 1. The molecule has 0 aromatic heterocycles. The molecule has 0 radical (unpaired) electrons. The summed E-state index contributed by atoms with van der Waals surface area (Å²) in [6.45, 7) is 0. The van der Waals surface area contributed by atoms with E-state index in [0.29, 0.717) is 5.69 Å². The molecule has 3 aromatic carbocycles. The molecule has 0 fully saturated rings. The van der Waals surface area contributed by atoms with E-state index in [0.717, 1.165) is 29.3 Å². The maximum Gasteiger partial charge on any atom is 0.261 e. The zero-order chi connectivity index (χ0) is 18.7. The zero-order valence-electron chi connectivity index (χ0n) is 13.3. The highest BCUT2D eigenvalue weighted by Gasteiger charge is 2.17. The van der Waals surface area contributed by atoms with E-state index in [2.05, 4.69) is 4.72 Å². The first-order valence-corrected chi connectivity index (χ1v) is 9.04. The smallest absolute Gasteiger partial charge is 0.261 e. The van der Waals surface area contributed by atoms with Crippen LogP contribution in [0.1, 0.15) is 10.4 Å². The summed E-state index contributed by atoms with van der Waals surface area (Å²) in [5.74, 6) is -2.84. The van der Waals surface area contributed by atoms with Crippen molar-refractivity contribution in [2.24, 2.45) is 0 Å². The van der Waals surface area contributed by atoms with Crippen LogP contribution in [0.5, 0.6) is 0 Å². The minimum atomic E-state index is -4.07. The standard InChI is InChI=1S/C19H14FNO4S/c20-18-11-10-16(12-17(18)19(22)23)26(24,25)21-15-8-6-14(7-9-15)13-4-2-1-3-5-13/h1-12,21H,(H,22,23)/p-1. The second-order valence-corrected chi connectivity index (χ2v) is 7.16. The number of hydrogen-bond acceptors (Lipinski definition) is 4. The first-order valence-electron chi connectivity index (χ1n) is 7.56. The molecule has 0 heterocycles. The van der Waals surface area contributed by atoms with Crippen LogP contribution in [-0.2, 0) is 10.0 Å². The molecule has 0 spiro atoms. The first kappa shape index (κ1) is 17.6. The number of benzene rings is 3. The van der Waals surface area contributed by atoms with Gasteiger partial charge in [0.15, 0.2) is 0 Å². The van der Waals surface area contributed by atoms with Gasteiger partial charge < -0.3 is 9.90 Å². The van der Waals surface area contributed by atoms with E-state index in [-0.39, 0.29) is 4.90 Å². The van der Waals surface area contributed by atoms with Gasteiger partial charge in [-0.2, -0.15) is 0 Å². The third-order valence-electron chi connectivity index (χ3n) is 3.71. The summed E-state index contributed by atoms with van der Waals surface area (Å²) < 4.78 is 40.5. The lowest BCUT2D eigenvalue weighted by molar-refractivity contribution is -0.255. The van der Waals surface area contributed by atoms with Gasteiger partial charge in [0.25, 0.3) is 10.0 Å². The van der Waals surface area contributed by atoms with Gasteiger partial charge in [-0.3, -0.25) is 4.72 Å². The van der Waals surface area contributed by atoms with Crippen molar-refractivity contribution >= 4 is 21.7 Å². The molecule has 0 aliphatic carbocycles. The van der Waals surface area contributed by atoms with E-state index >= 15 is 0 Å². The summed E-state index contributed by atoms with van der Waals surface area (Å²) >= 11 is 0. The van der Waals surface area contributed by atoms with Gasteiger partial charge in [-0.1, -0.05) is 42.5 Å². The summed E-state index contributed by atoms with van der Waals surface area (Å²) in [4.78, 5) is 10.5. The molecule has 0 unspecified atom stereocenters. The van der Waals surface area contributed by atoms with Crippen LogP contribution < -0.4 is 9.83 Å². The Morgan fingerprint density at radius 3 is 2.12 bits per heavy atom. The fraction of sp³-hybridized carbons (Fsp3) is 0.